The van der Waals surface area contributed by atoms with Gasteiger partial charge in [-0.05, 0) is 37.1 Å². The second-order valence-electron chi connectivity index (χ2n) is 5.40. The molecule has 130 valence electrons. The number of hydrogen-bond acceptors (Lipinski definition) is 4. The Morgan fingerprint density at radius 1 is 1.24 bits per heavy atom. The van der Waals surface area contributed by atoms with Crippen LogP contribution in [0.3, 0.4) is 0 Å². The molecule has 0 atom stereocenters. The number of para-hydroxylation sites is 2. The van der Waals surface area contributed by atoms with Crippen molar-refractivity contribution >= 4 is 23.4 Å². The van der Waals surface area contributed by atoms with Crippen LogP contribution in [0, 0.1) is 6.92 Å². The van der Waals surface area contributed by atoms with Crippen LogP contribution >= 0.6 is 12.4 Å². The zero-order valence-corrected chi connectivity index (χ0v) is 14.7. The zero-order chi connectivity index (χ0) is 16.8. The minimum atomic E-state index is 0. The van der Waals surface area contributed by atoms with Gasteiger partial charge in [-0.2, -0.15) is 0 Å². The largest absolute Gasteiger partial charge is 0.493 e. The number of halogens is 1. The number of ether oxygens (including phenoxy) is 1. The molecule has 0 aliphatic heterocycles. The molecule has 0 bridgehead atoms. The van der Waals surface area contributed by atoms with Crippen molar-refractivity contribution in [3.8, 4) is 5.75 Å². The predicted octanol–water partition coefficient (Wildman–Crippen LogP) is 4.29. The van der Waals surface area contributed by atoms with Gasteiger partial charge in [0.2, 0.25) is 0 Å². The number of hydrogen-bond donors (Lipinski definition) is 0. The molecule has 2 heterocycles. The van der Waals surface area contributed by atoms with Gasteiger partial charge in [0.1, 0.15) is 5.75 Å². The highest BCUT2D eigenvalue weighted by Gasteiger charge is 2.09. The molecule has 0 aliphatic rings. The van der Waals surface area contributed by atoms with E-state index in [-0.39, 0.29) is 12.4 Å². The molecule has 0 saturated heterocycles. The van der Waals surface area contributed by atoms with Crippen molar-refractivity contribution in [1.82, 2.24) is 14.5 Å². The summed E-state index contributed by atoms with van der Waals surface area (Å²) in [5.74, 6) is 0.811. The van der Waals surface area contributed by atoms with Crippen molar-refractivity contribution in [3.63, 3.8) is 0 Å². The quantitative estimate of drug-likeness (QED) is 0.273. The monoisotopic (exact) mass is 358 g/mol. The highest BCUT2D eigenvalue weighted by Crippen LogP contribution is 2.22. The lowest BCUT2D eigenvalue weighted by molar-refractivity contribution is 0.310. The van der Waals surface area contributed by atoms with E-state index in [0.29, 0.717) is 26.1 Å². The third kappa shape index (κ3) is 4.41. The first-order valence-electron chi connectivity index (χ1n) is 7.77. The number of aromatic nitrogens is 3. The van der Waals surface area contributed by atoms with Gasteiger partial charge in [0.05, 0.1) is 36.2 Å². The number of nitrogens with zero attached hydrogens (tertiary/aromatic N) is 6. The fourth-order valence-electron chi connectivity index (χ4n) is 2.53. The summed E-state index contributed by atoms with van der Waals surface area (Å²) in [5.41, 5.74) is 12.3. The molecular formula is C17H19ClN6O. The van der Waals surface area contributed by atoms with Gasteiger partial charge < -0.3 is 9.30 Å². The van der Waals surface area contributed by atoms with Crippen LogP contribution in [0.5, 0.6) is 5.75 Å². The van der Waals surface area contributed by atoms with Gasteiger partial charge in [0.15, 0.2) is 0 Å². The smallest absolute Gasteiger partial charge is 0.125 e. The van der Waals surface area contributed by atoms with Crippen molar-refractivity contribution in [3.05, 3.63) is 64.6 Å². The lowest BCUT2D eigenvalue weighted by Crippen LogP contribution is -2.06. The van der Waals surface area contributed by atoms with Crippen LogP contribution in [0.15, 0.2) is 48.0 Å². The van der Waals surface area contributed by atoms with Crippen LogP contribution in [-0.2, 0) is 6.54 Å². The first kappa shape index (κ1) is 18.6. The van der Waals surface area contributed by atoms with Gasteiger partial charge in [0.25, 0.3) is 0 Å². The molecular weight excluding hydrogens is 340 g/mol. The van der Waals surface area contributed by atoms with Gasteiger partial charge >= 0.3 is 0 Å². The Kier molecular flexibility index (Phi) is 6.62. The molecule has 7 nitrogen and oxygen atoms in total. The molecule has 0 aliphatic carbocycles. The summed E-state index contributed by atoms with van der Waals surface area (Å²) in [6.07, 6.45) is 4.27. The number of azide groups is 1. The topological polar surface area (TPSA) is 88.7 Å². The van der Waals surface area contributed by atoms with Crippen LogP contribution in [0.25, 0.3) is 21.5 Å². The van der Waals surface area contributed by atoms with Crippen molar-refractivity contribution in [2.24, 2.45) is 5.11 Å². The second kappa shape index (κ2) is 8.92. The number of benzene rings is 1. The fraction of sp³-hybridized carbons (Fsp3) is 0.294. The number of rotatable bonds is 7. The third-order valence-corrected chi connectivity index (χ3v) is 3.83. The van der Waals surface area contributed by atoms with E-state index < -0.39 is 0 Å². The molecule has 0 unspecified atom stereocenters. The Morgan fingerprint density at radius 2 is 2.08 bits per heavy atom. The summed E-state index contributed by atoms with van der Waals surface area (Å²) >= 11 is 0. The van der Waals surface area contributed by atoms with Crippen LogP contribution in [0.4, 0.5) is 0 Å². The maximum atomic E-state index is 8.26. The molecule has 2 aromatic heterocycles. The molecule has 3 rings (SSSR count). The van der Waals surface area contributed by atoms with Gasteiger partial charge in [-0.15, -0.1) is 12.4 Å². The number of pyridine rings is 1. The minimum absolute atomic E-state index is 0. The second-order valence-corrected chi connectivity index (χ2v) is 5.40. The van der Waals surface area contributed by atoms with Crippen molar-refractivity contribution in [2.75, 3.05) is 13.2 Å². The summed E-state index contributed by atoms with van der Waals surface area (Å²) in [6.45, 7) is 3.60. The normalized spacial score (nSPS) is 10.1. The predicted molar refractivity (Wildman–Crippen MR) is 99.2 cm³/mol. The molecule has 0 amide bonds. The standard InChI is InChI=1S/C17H18N6O.ClH/c1-13-15(11-23-12-20-14-5-2-3-6-16(14)23)19-9-7-17(13)24-10-4-8-21-22-18;/h2-3,5-7,9,12H,4,8,10-11H2,1H3;1H. The molecule has 25 heavy (non-hydrogen) atoms. The summed E-state index contributed by atoms with van der Waals surface area (Å²) in [7, 11) is 0. The Bertz CT molecular complexity index is 888. The zero-order valence-electron chi connectivity index (χ0n) is 13.9. The first-order valence-corrected chi connectivity index (χ1v) is 7.77. The summed E-state index contributed by atoms with van der Waals surface area (Å²) < 4.78 is 7.86. The van der Waals surface area contributed by atoms with E-state index in [4.69, 9.17) is 10.3 Å². The lowest BCUT2D eigenvalue weighted by atomic mass is 10.2. The van der Waals surface area contributed by atoms with Gasteiger partial charge in [-0.1, -0.05) is 17.2 Å². The summed E-state index contributed by atoms with van der Waals surface area (Å²) in [6, 6.07) is 9.89. The van der Waals surface area contributed by atoms with E-state index >= 15 is 0 Å². The Hall–Kier alpha value is -2.76. The van der Waals surface area contributed by atoms with Gasteiger partial charge in [0, 0.05) is 23.2 Å². The van der Waals surface area contributed by atoms with E-state index in [1.165, 1.54) is 0 Å². The first-order chi connectivity index (χ1) is 11.8. The van der Waals surface area contributed by atoms with Gasteiger partial charge in [-0.25, -0.2) is 4.98 Å². The maximum absolute atomic E-state index is 8.26. The minimum Gasteiger partial charge on any atom is -0.493 e. The molecule has 0 saturated carbocycles. The molecule has 1 aromatic carbocycles. The Balaban J connectivity index is 0.00000225. The number of imidazole rings is 1. The van der Waals surface area contributed by atoms with Crippen molar-refractivity contribution < 1.29 is 4.74 Å². The SMILES string of the molecule is Cc1c(OCCCN=[N+]=[N-])ccnc1Cn1cnc2ccccc21.Cl. The van der Waals surface area contributed by atoms with E-state index in [9.17, 15) is 0 Å². The van der Waals surface area contributed by atoms with Crippen LogP contribution in [-0.4, -0.2) is 27.7 Å². The van der Waals surface area contributed by atoms with Gasteiger partial charge in [-0.3, -0.25) is 4.98 Å². The average Bonchev–Trinajstić information content (AvgIpc) is 3.01. The number of fused-ring (bicyclic) bond motifs is 1. The van der Waals surface area contributed by atoms with Crippen LogP contribution < -0.4 is 4.74 Å². The van der Waals surface area contributed by atoms with Crippen molar-refractivity contribution in [2.45, 2.75) is 19.9 Å². The van der Waals surface area contributed by atoms with E-state index in [0.717, 1.165) is 28.0 Å². The van der Waals surface area contributed by atoms with E-state index in [1.807, 2.05) is 43.6 Å². The van der Waals surface area contributed by atoms with Crippen LogP contribution in [0.2, 0.25) is 0 Å². The van der Waals surface area contributed by atoms with Crippen molar-refractivity contribution in [1.29, 1.82) is 0 Å². The highest BCUT2D eigenvalue weighted by molar-refractivity contribution is 5.85. The molecule has 8 heteroatoms. The van der Waals surface area contributed by atoms with E-state index in [1.54, 1.807) is 6.20 Å². The Labute approximate surface area is 151 Å². The molecule has 0 N–H and O–H groups in total. The summed E-state index contributed by atoms with van der Waals surface area (Å²) in [5, 5.41) is 3.50. The third-order valence-electron chi connectivity index (χ3n) is 3.83. The molecule has 0 spiro atoms. The molecule has 0 fully saturated rings. The molecule has 3 aromatic rings. The fourth-order valence-corrected chi connectivity index (χ4v) is 2.53. The summed E-state index contributed by atoms with van der Waals surface area (Å²) in [4.78, 5) is 11.6. The van der Waals surface area contributed by atoms with Crippen LogP contribution in [0.1, 0.15) is 17.7 Å². The average molecular weight is 359 g/mol. The maximum Gasteiger partial charge on any atom is 0.125 e. The lowest BCUT2D eigenvalue weighted by Gasteiger charge is -2.12. The molecule has 0 radical (unpaired) electrons. The van der Waals surface area contributed by atoms with E-state index in [2.05, 4.69) is 24.6 Å². The highest BCUT2D eigenvalue weighted by atomic mass is 35.5. The Morgan fingerprint density at radius 3 is 2.92 bits per heavy atom.